The number of para-hydroxylation sites is 1. The molecule has 2 aromatic carbocycles. The van der Waals surface area contributed by atoms with Gasteiger partial charge in [0.15, 0.2) is 5.88 Å². The van der Waals surface area contributed by atoms with E-state index < -0.39 is 0 Å². The molecule has 0 radical (unpaired) electrons. The first-order chi connectivity index (χ1) is 12.6. The van der Waals surface area contributed by atoms with Crippen LogP contribution in [0, 0.1) is 0 Å². The molecular weight excluding hydrogens is 322 g/mol. The van der Waals surface area contributed by atoms with E-state index in [9.17, 15) is 5.11 Å². The third-order valence-electron chi connectivity index (χ3n) is 4.44. The van der Waals surface area contributed by atoms with Gasteiger partial charge in [-0.05, 0) is 37.9 Å². The van der Waals surface area contributed by atoms with Gasteiger partial charge in [-0.25, -0.2) is 4.98 Å². The predicted octanol–water partition coefficient (Wildman–Crippen LogP) is 4.66. The SMILES string of the molecule is CN(C)C/C=C\c1ccc2c(-c3ccc4ccccc4n3)c(O)[nH]c2c1. The van der Waals surface area contributed by atoms with Crippen molar-refractivity contribution >= 4 is 27.9 Å². The van der Waals surface area contributed by atoms with Crippen LogP contribution in [0.25, 0.3) is 39.1 Å². The lowest BCUT2D eigenvalue weighted by molar-refractivity contribution is 0.457. The lowest BCUT2D eigenvalue weighted by Gasteiger charge is -2.04. The Kier molecular flexibility index (Phi) is 4.19. The van der Waals surface area contributed by atoms with E-state index in [1.807, 2.05) is 62.6 Å². The lowest BCUT2D eigenvalue weighted by atomic mass is 10.1. The molecule has 0 bridgehead atoms. The zero-order valence-corrected chi connectivity index (χ0v) is 14.9. The van der Waals surface area contributed by atoms with Crippen molar-refractivity contribution in [3.63, 3.8) is 0 Å². The summed E-state index contributed by atoms with van der Waals surface area (Å²) in [6, 6.07) is 18.1. The van der Waals surface area contributed by atoms with Gasteiger partial charge in [0.2, 0.25) is 0 Å². The maximum Gasteiger partial charge on any atom is 0.199 e. The topological polar surface area (TPSA) is 52.1 Å². The van der Waals surface area contributed by atoms with Crippen molar-refractivity contribution < 1.29 is 5.11 Å². The van der Waals surface area contributed by atoms with Crippen LogP contribution in [-0.4, -0.2) is 40.6 Å². The van der Waals surface area contributed by atoms with E-state index >= 15 is 0 Å². The van der Waals surface area contributed by atoms with Crippen LogP contribution in [-0.2, 0) is 0 Å². The Balaban J connectivity index is 1.77. The number of aromatic nitrogens is 2. The van der Waals surface area contributed by atoms with E-state index in [0.717, 1.165) is 45.2 Å². The van der Waals surface area contributed by atoms with Gasteiger partial charge < -0.3 is 15.0 Å². The highest BCUT2D eigenvalue weighted by Crippen LogP contribution is 2.36. The zero-order chi connectivity index (χ0) is 18.1. The molecule has 2 heterocycles. The van der Waals surface area contributed by atoms with Gasteiger partial charge in [-0.3, -0.25) is 0 Å². The molecule has 0 fully saturated rings. The second-order valence-electron chi connectivity index (χ2n) is 6.71. The predicted molar refractivity (Wildman–Crippen MR) is 108 cm³/mol. The number of H-pyrrole nitrogens is 1. The van der Waals surface area contributed by atoms with Crippen molar-refractivity contribution in [2.24, 2.45) is 0 Å². The molecule has 4 nitrogen and oxygen atoms in total. The molecule has 26 heavy (non-hydrogen) atoms. The van der Waals surface area contributed by atoms with E-state index in [-0.39, 0.29) is 5.88 Å². The largest absolute Gasteiger partial charge is 0.494 e. The standard InChI is InChI=1S/C22H21N3O/c1-25(2)13-5-6-15-9-11-17-20(14-15)24-22(26)21(17)19-12-10-16-7-3-4-8-18(16)23-19/h3-12,14,24,26H,13H2,1-2H3/b6-5-. The highest BCUT2D eigenvalue weighted by atomic mass is 16.3. The number of pyridine rings is 1. The minimum absolute atomic E-state index is 0.150. The number of fused-ring (bicyclic) bond motifs is 2. The van der Waals surface area contributed by atoms with Crippen molar-refractivity contribution in [3.05, 3.63) is 66.2 Å². The number of nitrogens with zero attached hydrogens (tertiary/aromatic N) is 2. The van der Waals surface area contributed by atoms with Crippen molar-refractivity contribution in [3.8, 4) is 17.1 Å². The maximum absolute atomic E-state index is 10.5. The minimum Gasteiger partial charge on any atom is -0.494 e. The number of likely N-dealkylation sites (N-methyl/N-ethyl adjacent to an activating group) is 1. The molecule has 0 aliphatic carbocycles. The normalized spacial score (nSPS) is 12.0. The second-order valence-corrected chi connectivity index (χ2v) is 6.71. The molecule has 4 aromatic rings. The van der Waals surface area contributed by atoms with Gasteiger partial charge in [-0.2, -0.15) is 0 Å². The van der Waals surface area contributed by atoms with E-state index in [1.165, 1.54) is 0 Å². The molecule has 130 valence electrons. The Labute approximate surface area is 152 Å². The number of hydrogen-bond acceptors (Lipinski definition) is 3. The van der Waals surface area contributed by atoms with E-state index in [0.29, 0.717) is 0 Å². The quantitative estimate of drug-likeness (QED) is 0.566. The van der Waals surface area contributed by atoms with Gasteiger partial charge in [0.25, 0.3) is 0 Å². The number of benzene rings is 2. The van der Waals surface area contributed by atoms with Gasteiger partial charge in [0, 0.05) is 22.8 Å². The number of aromatic amines is 1. The third kappa shape index (κ3) is 3.07. The Morgan fingerprint density at radius 2 is 1.92 bits per heavy atom. The van der Waals surface area contributed by atoms with Crippen LogP contribution in [0.15, 0.2) is 60.7 Å². The van der Waals surface area contributed by atoms with Crippen LogP contribution in [0.4, 0.5) is 0 Å². The van der Waals surface area contributed by atoms with Gasteiger partial charge in [0.05, 0.1) is 16.8 Å². The van der Waals surface area contributed by atoms with Gasteiger partial charge in [0.1, 0.15) is 0 Å². The average molecular weight is 343 g/mol. The Hall–Kier alpha value is -3.11. The van der Waals surface area contributed by atoms with Crippen molar-refractivity contribution in [1.82, 2.24) is 14.9 Å². The highest BCUT2D eigenvalue weighted by molar-refractivity contribution is 5.99. The van der Waals surface area contributed by atoms with Crippen LogP contribution < -0.4 is 0 Å². The maximum atomic E-state index is 10.5. The Morgan fingerprint density at radius 1 is 1.08 bits per heavy atom. The number of rotatable bonds is 4. The summed E-state index contributed by atoms with van der Waals surface area (Å²) < 4.78 is 0. The van der Waals surface area contributed by atoms with Crippen LogP contribution in [0.3, 0.4) is 0 Å². The first kappa shape index (κ1) is 16.4. The summed E-state index contributed by atoms with van der Waals surface area (Å²) in [5.41, 5.74) is 4.43. The van der Waals surface area contributed by atoms with Crippen molar-refractivity contribution in [2.45, 2.75) is 0 Å². The molecule has 2 N–H and O–H groups in total. The molecule has 0 aliphatic heterocycles. The summed E-state index contributed by atoms with van der Waals surface area (Å²) in [5, 5.41) is 12.5. The fourth-order valence-corrected chi connectivity index (χ4v) is 3.17. The molecule has 0 atom stereocenters. The van der Waals surface area contributed by atoms with Gasteiger partial charge in [-0.1, -0.05) is 48.6 Å². The molecule has 0 unspecified atom stereocenters. The van der Waals surface area contributed by atoms with E-state index in [2.05, 4.69) is 28.1 Å². The summed E-state index contributed by atoms with van der Waals surface area (Å²) >= 11 is 0. The Bertz CT molecular complexity index is 1110. The fraction of sp³-hybridized carbons (Fsp3) is 0.136. The summed E-state index contributed by atoms with van der Waals surface area (Å²) in [6.45, 7) is 0.889. The Morgan fingerprint density at radius 3 is 2.77 bits per heavy atom. The average Bonchev–Trinajstić information content (AvgIpc) is 2.96. The molecule has 0 saturated carbocycles. The number of aromatic hydroxyl groups is 1. The highest BCUT2D eigenvalue weighted by Gasteiger charge is 2.14. The molecule has 4 rings (SSSR count). The van der Waals surface area contributed by atoms with Crippen LogP contribution >= 0.6 is 0 Å². The summed E-state index contributed by atoms with van der Waals surface area (Å²) in [6.07, 6.45) is 4.21. The van der Waals surface area contributed by atoms with Crippen LogP contribution in [0.2, 0.25) is 0 Å². The van der Waals surface area contributed by atoms with Crippen LogP contribution in [0.1, 0.15) is 5.56 Å². The first-order valence-electron chi connectivity index (χ1n) is 8.64. The fourth-order valence-electron chi connectivity index (χ4n) is 3.17. The molecule has 0 aliphatic rings. The van der Waals surface area contributed by atoms with E-state index in [1.54, 1.807) is 0 Å². The smallest absolute Gasteiger partial charge is 0.199 e. The first-order valence-corrected chi connectivity index (χ1v) is 8.64. The zero-order valence-electron chi connectivity index (χ0n) is 14.9. The van der Waals surface area contributed by atoms with Crippen LogP contribution in [0.5, 0.6) is 5.88 Å². The molecule has 0 spiro atoms. The summed E-state index contributed by atoms with van der Waals surface area (Å²) in [7, 11) is 4.08. The van der Waals surface area contributed by atoms with Gasteiger partial charge >= 0.3 is 0 Å². The monoisotopic (exact) mass is 343 g/mol. The lowest BCUT2D eigenvalue weighted by Crippen LogP contribution is -2.10. The van der Waals surface area contributed by atoms with E-state index in [4.69, 9.17) is 4.98 Å². The summed E-state index contributed by atoms with van der Waals surface area (Å²) in [5.74, 6) is 0.150. The minimum atomic E-state index is 0.150. The summed E-state index contributed by atoms with van der Waals surface area (Å²) in [4.78, 5) is 9.92. The van der Waals surface area contributed by atoms with Crippen molar-refractivity contribution in [2.75, 3.05) is 20.6 Å². The molecule has 0 amide bonds. The third-order valence-corrected chi connectivity index (χ3v) is 4.44. The van der Waals surface area contributed by atoms with Gasteiger partial charge in [-0.15, -0.1) is 0 Å². The molecular formula is C22H21N3O. The molecule has 2 aromatic heterocycles. The molecule has 4 heteroatoms. The van der Waals surface area contributed by atoms with Crippen molar-refractivity contribution in [1.29, 1.82) is 0 Å². The number of hydrogen-bond donors (Lipinski definition) is 2. The second kappa shape index (κ2) is 6.65. The number of nitrogens with one attached hydrogen (secondary N) is 1. The molecule has 0 saturated heterocycles.